The van der Waals surface area contributed by atoms with Crippen molar-refractivity contribution >= 4 is 28.2 Å². The Kier molecular flexibility index (Phi) is 3.51. The Hall–Kier alpha value is -2.51. The average molecular weight is 300 g/mol. The van der Waals surface area contributed by atoms with Gasteiger partial charge in [0.05, 0.1) is 28.5 Å². The Bertz CT molecular complexity index is 848. The van der Waals surface area contributed by atoms with Crippen LogP contribution in [0.4, 0.5) is 10.1 Å². The van der Waals surface area contributed by atoms with Crippen molar-refractivity contribution in [3.63, 3.8) is 0 Å². The van der Waals surface area contributed by atoms with Crippen LogP contribution in [0.15, 0.2) is 42.5 Å². The summed E-state index contributed by atoms with van der Waals surface area (Å²) < 4.78 is 13.1. The number of nitrogens with zero attached hydrogens (tertiary/aromatic N) is 1. The van der Waals surface area contributed by atoms with Gasteiger partial charge in [-0.1, -0.05) is 29.8 Å². The van der Waals surface area contributed by atoms with Crippen molar-refractivity contribution in [2.45, 2.75) is 6.54 Å². The van der Waals surface area contributed by atoms with E-state index in [0.29, 0.717) is 17.3 Å². The van der Waals surface area contributed by atoms with E-state index in [-0.39, 0.29) is 5.56 Å². The van der Waals surface area contributed by atoms with Crippen LogP contribution in [0.5, 0.6) is 0 Å². The summed E-state index contributed by atoms with van der Waals surface area (Å²) in [7, 11) is 0. The van der Waals surface area contributed by atoms with Crippen LogP contribution < -0.4 is 5.32 Å². The third-order valence-electron chi connectivity index (χ3n) is 3.27. The van der Waals surface area contributed by atoms with Gasteiger partial charge in [0, 0.05) is 10.9 Å². The van der Waals surface area contributed by atoms with E-state index in [1.807, 2.05) is 30.3 Å². The Balaban J connectivity index is 1.87. The van der Waals surface area contributed by atoms with Gasteiger partial charge in [-0.05, 0) is 24.3 Å². The molecule has 2 N–H and O–H groups in total. The lowest BCUT2D eigenvalue weighted by molar-refractivity contribution is 0.627. The minimum atomic E-state index is -0.430. The molecule has 0 spiro atoms. The van der Waals surface area contributed by atoms with Gasteiger partial charge in [0.15, 0.2) is 0 Å². The number of nitriles is 1. The first kappa shape index (κ1) is 13.5. The number of benzene rings is 2. The molecule has 0 unspecified atom stereocenters. The minimum Gasteiger partial charge on any atom is -0.378 e. The van der Waals surface area contributed by atoms with Crippen molar-refractivity contribution in [1.82, 2.24) is 4.98 Å². The third-order valence-corrected chi connectivity index (χ3v) is 3.70. The molecule has 3 rings (SSSR count). The second-order valence-corrected chi connectivity index (χ2v) is 5.00. The van der Waals surface area contributed by atoms with Gasteiger partial charge in [0.1, 0.15) is 11.9 Å². The number of H-pyrrole nitrogens is 1. The summed E-state index contributed by atoms with van der Waals surface area (Å²) in [6.07, 6.45) is 0. The smallest absolute Gasteiger partial charge is 0.124 e. The Morgan fingerprint density at radius 1 is 1.24 bits per heavy atom. The summed E-state index contributed by atoms with van der Waals surface area (Å²) in [5, 5.41) is 13.7. The van der Waals surface area contributed by atoms with E-state index in [1.54, 1.807) is 6.07 Å². The number of halogens is 2. The summed E-state index contributed by atoms with van der Waals surface area (Å²) in [4.78, 5) is 3.23. The van der Waals surface area contributed by atoms with E-state index < -0.39 is 5.82 Å². The van der Waals surface area contributed by atoms with Crippen molar-refractivity contribution in [2.24, 2.45) is 0 Å². The highest BCUT2D eigenvalue weighted by molar-refractivity contribution is 6.36. The molecule has 0 radical (unpaired) electrons. The van der Waals surface area contributed by atoms with Gasteiger partial charge in [-0.2, -0.15) is 5.26 Å². The SMILES string of the molecule is N#Cc1cc(F)ccc1NCc1[nH]c2ccccc2c1Cl. The molecule has 0 saturated carbocycles. The van der Waals surface area contributed by atoms with E-state index in [0.717, 1.165) is 16.6 Å². The fraction of sp³-hybridized carbons (Fsp3) is 0.0625. The van der Waals surface area contributed by atoms with Crippen LogP contribution in [0.25, 0.3) is 10.9 Å². The molecule has 0 fully saturated rings. The number of para-hydroxylation sites is 1. The topological polar surface area (TPSA) is 51.6 Å². The molecule has 2 aromatic carbocycles. The van der Waals surface area contributed by atoms with Crippen LogP contribution >= 0.6 is 11.6 Å². The van der Waals surface area contributed by atoms with Gasteiger partial charge in [-0.25, -0.2) is 4.39 Å². The summed E-state index contributed by atoms with van der Waals surface area (Å²) in [5.74, 6) is -0.430. The molecule has 0 aliphatic carbocycles. The molecule has 0 saturated heterocycles. The molecular formula is C16H11ClFN3. The molecule has 0 amide bonds. The highest BCUT2D eigenvalue weighted by atomic mass is 35.5. The van der Waals surface area contributed by atoms with Crippen LogP contribution in [-0.4, -0.2) is 4.98 Å². The molecule has 0 atom stereocenters. The number of nitrogens with one attached hydrogen (secondary N) is 2. The number of hydrogen-bond donors (Lipinski definition) is 2. The van der Waals surface area contributed by atoms with Gasteiger partial charge in [0.2, 0.25) is 0 Å². The predicted octanol–water partition coefficient (Wildman–Crippen LogP) is 4.44. The molecule has 3 nitrogen and oxygen atoms in total. The van der Waals surface area contributed by atoms with Crippen LogP contribution in [0, 0.1) is 17.1 Å². The number of aromatic nitrogens is 1. The quantitative estimate of drug-likeness (QED) is 0.751. The molecule has 3 aromatic rings. The molecule has 1 aromatic heterocycles. The largest absolute Gasteiger partial charge is 0.378 e. The first-order valence-electron chi connectivity index (χ1n) is 6.37. The Morgan fingerprint density at radius 3 is 2.81 bits per heavy atom. The fourth-order valence-corrected chi connectivity index (χ4v) is 2.51. The van der Waals surface area contributed by atoms with Crippen molar-refractivity contribution in [2.75, 3.05) is 5.32 Å². The number of hydrogen-bond acceptors (Lipinski definition) is 2. The Morgan fingerprint density at radius 2 is 2.05 bits per heavy atom. The van der Waals surface area contributed by atoms with Crippen LogP contribution in [0.1, 0.15) is 11.3 Å². The molecule has 104 valence electrons. The molecule has 0 bridgehead atoms. The van der Waals surface area contributed by atoms with E-state index in [4.69, 9.17) is 16.9 Å². The lowest BCUT2D eigenvalue weighted by Crippen LogP contribution is -2.02. The van der Waals surface area contributed by atoms with Crippen molar-refractivity contribution in [3.8, 4) is 6.07 Å². The van der Waals surface area contributed by atoms with E-state index in [1.165, 1.54) is 12.1 Å². The van der Waals surface area contributed by atoms with Crippen molar-refractivity contribution in [1.29, 1.82) is 5.26 Å². The van der Waals surface area contributed by atoms with Crippen LogP contribution in [-0.2, 0) is 6.54 Å². The highest BCUT2D eigenvalue weighted by Crippen LogP contribution is 2.28. The number of rotatable bonds is 3. The second kappa shape index (κ2) is 5.47. The van der Waals surface area contributed by atoms with Gasteiger partial charge < -0.3 is 10.3 Å². The zero-order valence-electron chi connectivity index (χ0n) is 11.0. The van der Waals surface area contributed by atoms with Crippen molar-refractivity contribution < 1.29 is 4.39 Å². The maximum absolute atomic E-state index is 13.1. The molecule has 5 heteroatoms. The Labute approximate surface area is 126 Å². The van der Waals surface area contributed by atoms with Crippen molar-refractivity contribution in [3.05, 3.63) is 64.6 Å². The summed E-state index contributed by atoms with van der Waals surface area (Å²) in [5.41, 5.74) is 2.63. The standard InChI is InChI=1S/C16H11ClFN3/c17-16-12-3-1-2-4-14(12)21-15(16)9-20-13-6-5-11(18)7-10(13)8-19/h1-7,20-21H,9H2. The minimum absolute atomic E-state index is 0.266. The number of fused-ring (bicyclic) bond motifs is 1. The summed E-state index contributed by atoms with van der Waals surface area (Å²) >= 11 is 6.33. The van der Waals surface area contributed by atoms with E-state index in [2.05, 4.69) is 10.3 Å². The molecular weight excluding hydrogens is 289 g/mol. The maximum atomic E-state index is 13.1. The summed E-state index contributed by atoms with van der Waals surface area (Å²) in [6, 6.07) is 13.8. The molecule has 21 heavy (non-hydrogen) atoms. The first-order chi connectivity index (χ1) is 10.2. The van der Waals surface area contributed by atoms with Gasteiger partial charge >= 0.3 is 0 Å². The molecule has 1 heterocycles. The van der Waals surface area contributed by atoms with Crippen LogP contribution in [0.2, 0.25) is 5.02 Å². The number of aromatic amines is 1. The maximum Gasteiger partial charge on any atom is 0.124 e. The second-order valence-electron chi connectivity index (χ2n) is 4.62. The van der Waals surface area contributed by atoms with E-state index in [9.17, 15) is 4.39 Å². The monoisotopic (exact) mass is 299 g/mol. The van der Waals surface area contributed by atoms with Crippen LogP contribution in [0.3, 0.4) is 0 Å². The zero-order chi connectivity index (χ0) is 14.8. The lowest BCUT2D eigenvalue weighted by atomic mass is 10.2. The zero-order valence-corrected chi connectivity index (χ0v) is 11.7. The average Bonchev–Trinajstić information content (AvgIpc) is 2.83. The molecule has 0 aliphatic rings. The highest BCUT2D eigenvalue weighted by Gasteiger charge is 2.10. The van der Waals surface area contributed by atoms with Gasteiger partial charge in [0.25, 0.3) is 0 Å². The van der Waals surface area contributed by atoms with Gasteiger partial charge in [-0.3, -0.25) is 0 Å². The van der Waals surface area contributed by atoms with Gasteiger partial charge in [-0.15, -0.1) is 0 Å². The third kappa shape index (κ3) is 2.56. The number of anilines is 1. The lowest BCUT2D eigenvalue weighted by Gasteiger charge is -2.07. The van der Waals surface area contributed by atoms with E-state index >= 15 is 0 Å². The molecule has 0 aliphatic heterocycles. The normalized spacial score (nSPS) is 10.5. The summed E-state index contributed by atoms with van der Waals surface area (Å²) in [6.45, 7) is 0.424. The fourth-order valence-electron chi connectivity index (χ4n) is 2.23. The predicted molar refractivity (Wildman–Crippen MR) is 81.8 cm³/mol. The first-order valence-corrected chi connectivity index (χ1v) is 6.75.